The van der Waals surface area contributed by atoms with Gasteiger partial charge in [0.15, 0.2) is 0 Å². The number of benzene rings is 3. The number of carbonyl (C=O) groups excluding carboxylic acids is 1. The molecule has 0 saturated heterocycles. The number of carbonyl (C=O) groups is 1. The van der Waals surface area contributed by atoms with E-state index in [4.69, 9.17) is 14.2 Å². The molecule has 0 amide bonds. The lowest BCUT2D eigenvalue weighted by atomic mass is 10.0. The van der Waals surface area contributed by atoms with Gasteiger partial charge in [-0.15, -0.1) is 0 Å². The zero-order chi connectivity index (χ0) is 17.6. The summed E-state index contributed by atoms with van der Waals surface area (Å²) in [6, 6.07) is 19.4. The first-order chi connectivity index (χ1) is 12.2. The van der Waals surface area contributed by atoms with Crippen molar-refractivity contribution in [3.8, 4) is 11.5 Å². The van der Waals surface area contributed by atoms with Crippen molar-refractivity contribution in [1.29, 1.82) is 0 Å². The Morgan fingerprint density at radius 2 is 1.68 bits per heavy atom. The summed E-state index contributed by atoms with van der Waals surface area (Å²) in [5.41, 5.74) is 1.73. The van der Waals surface area contributed by atoms with Gasteiger partial charge in [-0.2, -0.15) is 0 Å². The predicted octanol–water partition coefficient (Wildman–Crippen LogP) is 4.14. The monoisotopic (exact) mass is 336 g/mol. The van der Waals surface area contributed by atoms with E-state index in [0.717, 1.165) is 21.9 Å². The average Bonchev–Trinajstić information content (AvgIpc) is 2.66. The summed E-state index contributed by atoms with van der Waals surface area (Å²) in [6.45, 7) is 0.143. The van der Waals surface area contributed by atoms with Gasteiger partial charge in [0.1, 0.15) is 18.1 Å². The molecule has 0 aliphatic carbocycles. The zero-order valence-electron chi connectivity index (χ0n) is 14.3. The van der Waals surface area contributed by atoms with Gasteiger partial charge in [0, 0.05) is 5.56 Å². The van der Waals surface area contributed by atoms with E-state index in [1.165, 1.54) is 0 Å². The first kappa shape index (κ1) is 16.8. The van der Waals surface area contributed by atoms with Gasteiger partial charge in [-0.05, 0) is 34.5 Å². The van der Waals surface area contributed by atoms with Crippen LogP contribution in [-0.4, -0.2) is 20.2 Å². The first-order valence-corrected chi connectivity index (χ1v) is 8.04. The molecule has 0 aliphatic rings. The van der Waals surface area contributed by atoms with Crippen LogP contribution in [0.2, 0.25) is 0 Å². The van der Waals surface area contributed by atoms with Gasteiger partial charge in [0.25, 0.3) is 0 Å². The second kappa shape index (κ2) is 7.71. The summed E-state index contributed by atoms with van der Waals surface area (Å²) in [6.07, 6.45) is 0.230. The van der Waals surface area contributed by atoms with Crippen molar-refractivity contribution in [1.82, 2.24) is 0 Å². The molecule has 0 aromatic heterocycles. The molecule has 25 heavy (non-hydrogen) atoms. The largest absolute Gasteiger partial charge is 0.497 e. The lowest BCUT2D eigenvalue weighted by molar-refractivity contribution is -0.144. The molecule has 128 valence electrons. The Bertz CT molecular complexity index is 881. The number of ether oxygens (including phenoxy) is 3. The van der Waals surface area contributed by atoms with Crippen molar-refractivity contribution >= 4 is 16.7 Å². The van der Waals surface area contributed by atoms with Crippen molar-refractivity contribution in [2.75, 3.05) is 14.2 Å². The molecule has 0 bridgehead atoms. The number of hydrogen-bond donors (Lipinski definition) is 0. The Morgan fingerprint density at radius 3 is 2.48 bits per heavy atom. The molecule has 0 saturated carbocycles. The molecular weight excluding hydrogens is 316 g/mol. The van der Waals surface area contributed by atoms with Crippen LogP contribution in [0.25, 0.3) is 10.8 Å². The van der Waals surface area contributed by atoms with Crippen LogP contribution in [0.5, 0.6) is 11.5 Å². The highest BCUT2D eigenvalue weighted by molar-refractivity contribution is 5.88. The van der Waals surface area contributed by atoms with Crippen LogP contribution >= 0.6 is 0 Å². The highest BCUT2D eigenvalue weighted by Gasteiger charge is 2.11. The molecule has 3 aromatic carbocycles. The quantitative estimate of drug-likeness (QED) is 0.635. The molecule has 3 rings (SSSR count). The lowest BCUT2D eigenvalue weighted by Gasteiger charge is -2.11. The zero-order valence-corrected chi connectivity index (χ0v) is 14.3. The van der Waals surface area contributed by atoms with Crippen molar-refractivity contribution in [3.63, 3.8) is 0 Å². The summed E-state index contributed by atoms with van der Waals surface area (Å²) in [5.74, 6) is 1.08. The van der Waals surface area contributed by atoms with Crippen LogP contribution in [0.1, 0.15) is 11.1 Å². The topological polar surface area (TPSA) is 44.8 Å². The van der Waals surface area contributed by atoms with E-state index in [1.807, 2.05) is 48.5 Å². The number of hydrogen-bond acceptors (Lipinski definition) is 4. The second-order valence-corrected chi connectivity index (χ2v) is 5.65. The number of methoxy groups -OCH3 is 2. The third kappa shape index (κ3) is 3.91. The Balaban J connectivity index is 1.71. The van der Waals surface area contributed by atoms with E-state index >= 15 is 0 Å². The summed E-state index contributed by atoms with van der Waals surface area (Å²) >= 11 is 0. The van der Waals surface area contributed by atoms with Crippen LogP contribution in [0.15, 0.2) is 60.7 Å². The molecule has 0 unspecified atom stereocenters. The van der Waals surface area contributed by atoms with Crippen LogP contribution in [0.4, 0.5) is 0 Å². The van der Waals surface area contributed by atoms with E-state index in [0.29, 0.717) is 11.5 Å². The van der Waals surface area contributed by atoms with Gasteiger partial charge < -0.3 is 14.2 Å². The van der Waals surface area contributed by atoms with Gasteiger partial charge in [-0.3, -0.25) is 4.79 Å². The second-order valence-electron chi connectivity index (χ2n) is 5.65. The summed E-state index contributed by atoms with van der Waals surface area (Å²) in [4.78, 5) is 12.3. The molecule has 3 aromatic rings. The molecule has 0 fully saturated rings. The van der Waals surface area contributed by atoms with E-state index in [2.05, 4.69) is 0 Å². The fourth-order valence-electron chi connectivity index (χ4n) is 2.81. The van der Waals surface area contributed by atoms with Gasteiger partial charge >= 0.3 is 5.97 Å². The van der Waals surface area contributed by atoms with Crippen molar-refractivity contribution < 1.29 is 19.0 Å². The van der Waals surface area contributed by atoms with Crippen LogP contribution in [-0.2, 0) is 22.6 Å². The highest BCUT2D eigenvalue weighted by atomic mass is 16.5. The third-order valence-electron chi connectivity index (χ3n) is 4.09. The molecule has 4 nitrogen and oxygen atoms in total. The fourth-order valence-corrected chi connectivity index (χ4v) is 2.81. The van der Waals surface area contributed by atoms with Gasteiger partial charge in [0.05, 0.1) is 20.6 Å². The van der Waals surface area contributed by atoms with E-state index in [1.54, 1.807) is 26.4 Å². The Hall–Kier alpha value is -3.01. The fraction of sp³-hybridized carbons (Fsp3) is 0.190. The highest BCUT2D eigenvalue weighted by Crippen LogP contribution is 2.25. The Kier molecular flexibility index (Phi) is 5.19. The minimum atomic E-state index is -0.277. The Labute approximate surface area is 146 Å². The van der Waals surface area contributed by atoms with Crippen LogP contribution in [0, 0.1) is 0 Å². The smallest absolute Gasteiger partial charge is 0.310 e. The number of esters is 1. The van der Waals surface area contributed by atoms with Gasteiger partial charge in [0.2, 0.25) is 0 Å². The molecule has 0 spiro atoms. The maximum absolute atomic E-state index is 12.3. The minimum Gasteiger partial charge on any atom is -0.497 e. The molecule has 0 radical (unpaired) electrons. The van der Waals surface area contributed by atoms with Crippen LogP contribution in [0.3, 0.4) is 0 Å². The van der Waals surface area contributed by atoms with E-state index in [-0.39, 0.29) is 19.0 Å². The molecule has 0 heterocycles. The number of rotatable bonds is 6. The summed E-state index contributed by atoms with van der Waals surface area (Å²) in [5, 5.41) is 2.18. The normalized spacial score (nSPS) is 10.5. The third-order valence-corrected chi connectivity index (χ3v) is 4.09. The number of fused-ring (bicyclic) bond motifs is 1. The maximum Gasteiger partial charge on any atom is 0.310 e. The van der Waals surface area contributed by atoms with Gasteiger partial charge in [-0.1, -0.05) is 42.5 Å². The SMILES string of the molecule is COc1ccc(OC)c(COC(=O)Cc2cccc3ccccc23)c1. The van der Waals surface area contributed by atoms with Crippen LogP contribution < -0.4 is 9.47 Å². The van der Waals surface area contributed by atoms with Crippen molar-refractivity contribution in [3.05, 3.63) is 71.8 Å². The molecule has 0 aliphatic heterocycles. The van der Waals surface area contributed by atoms with Gasteiger partial charge in [-0.25, -0.2) is 0 Å². The maximum atomic E-state index is 12.3. The molecule has 0 N–H and O–H groups in total. The summed E-state index contributed by atoms with van der Waals surface area (Å²) in [7, 11) is 3.18. The summed E-state index contributed by atoms with van der Waals surface area (Å²) < 4.78 is 16.0. The van der Waals surface area contributed by atoms with E-state index < -0.39 is 0 Å². The molecule has 4 heteroatoms. The predicted molar refractivity (Wildman–Crippen MR) is 97.0 cm³/mol. The van der Waals surface area contributed by atoms with Crippen molar-refractivity contribution in [2.45, 2.75) is 13.0 Å². The standard InChI is InChI=1S/C21H20O4/c1-23-18-10-11-20(24-2)17(12-18)14-25-21(22)13-16-8-5-7-15-6-3-4-9-19(15)16/h3-12H,13-14H2,1-2H3. The first-order valence-electron chi connectivity index (χ1n) is 8.04. The Morgan fingerprint density at radius 1 is 0.880 bits per heavy atom. The molecular formula is C21H20O4. The lowest BCUT2D eigenvalue weighted by Crippen LogP contribution is -2.09. The van der Waals surface area contributed by atoms with Crippen molar-refractivity contribution in [2.24, 2.45) is 0 Å². The average molecular weight is 336 g/mol. The molecule has 0 atom stereocenters. The van der Waals surface area contributed by atoms with E-state index in [9.17, 15) is 4.79 Å². The minimum absolute atomic E-state index is 0.143.